The zero-order valence-corrected chi connectivity index (χ0v) is 16.2. The molecule has 0 unspecified atom stereocenters. The second-order valence-electron chi connectivity index (χ2n) is 5.15. The van der Waals surface area contributed by atoms with E-state index in [9.17, 15) is 9.18 Å². The molecule has 0 aliphatic carbocycles. The van der Waals surface area contributed by atoms with Gasteiger partial charge in [-0.3, -0.25) is 4.79 Å². The Kier molecular flexibility index (Phi) is 7.08. The average molecular weight is 431 g/mol. The molecule has 0 aromatic heterocycles. The number of ether oxygens (including phenoxy) is 2. The molecular formula is C18H18BrClFNO3. The molecule has 0 spiro atoms. The summed E-state index contributed by atoms with van der Waals surface area (Å²) >= 11 is 9.48. The first kappa shape index (κ1) is 19.5. The van der Waals surface area contributed by atoms with Gasteiger partial charge in [0.15, 0.2) is 11.5 Å². The molecule has 7 heteroatoms. The van der Waals surface area contributed by atoms with Gasteiger partial charge in [-0.05, 0) is 59.6 Å². The molecule has 4 nitrogen and oxygen atoms in total. The van der Waals surface area contributed by atoms with Gasteiger partial charge in [0.1, 0.15) is 5.82 Å². The molecule has 1 amide bonds. The van der Waals surface area contributed by atoms with Crippen molar-refractivity contribution in [3.05, 3.63) is 51.2 Å². The highest BCUT2D eigenvalue weighted by Crippen LogP contribution is 2.37. The van der Waals surface area contributed by atoms with Gasteiger partial charge in [0.2, 0.25) is 0 Å². The Morgan fingerprint density at radius 1 is 1.24 bits per heavy atom. The largest absolute Gasteiger partial charge is 0.490 e. The molecule has 134 valence electrons. The topological polar surface area (TPSA) is 47.6 Å². The van der Waals surface area contributed by atoms with E-state index in [0.717, 1.165) is 6.42 Å². The summed E-state index contributed by atoms with van der Waals surface area (Å²) in [5.41, 5.74) is 0.764. The van der Waals surface area contributed by atoms with Gasteiger partial charge in [0.25, 0.3) is 5.91 Å². The minimum absolute atomic E-state index is 0.294. The van der Waals surface area contributed by atoms with E-state index in [4.69, 9.17) is 21.1 Å². The molecule has 0 heterocycles. The van der Waals surface area contributed by atoms with Crippen LogP contribution in [-0.2, 0) is 0 Å². The number of hydrogen-bond acceptors (Lipinski definition) is 3. The van der Waals surface area contributed by atoms with Crippen LogP contribution in [0.25, 0.3) is 0 Å². The van der Waals surface area contributed by atoms with Crippen molar-refractivity contribution in [1.82, 2.24) is 0 Å². The standard InChI is InChI=1S/C18H18BrClFNO3/c1-3-7-25-17-14(20)8-11(9-16(17)24-4-2)18(23)22-15-6-5-12(21)10-13(15)19/h5-6,8-10H,3-4,7H2,1-2H3,(H,22,23). The first-order chi connectivity index (χ1) is 12.0. The maximum atomic E-state index is 13.2. The normalized spacial score (nSPS) is 10.4. The molecule has 0 saturated carbocycles. The number of amides is 1. The number of benzene rings is 2. The molecule has 0 atom stereocenters. The van der Waals surface area contributed by atoms with Crippen molar-refractivity contribution in [2.45, 2.75) is 20.3 Å². The van der Waals surface area contributed by atoms with Crippen molar-refractivity contribution >= 4 is 39.1 Å². The molecule has 0 bridgehead atoms. The van der Waals surface area contributed by atoms with Crippen molar-refractivity contribution in [2.75, 3.05) is 18.5 Å². The summed E-state index contributed by atoms with van der Waals surface area (Å²) < 4.78 is 24.8. The summed E-state index contributed by atoms with van der Waals surface area (Å²) in [6.07, 6.45) is 0.822. The first-order valence-electron chi connectivity index (χ1n) is 7.81. The Morgan fingerprint density at radius 2 is 2.00 bits per heavy atom. The van der Waals surface area contributed by atoms with Crippen LogP contribution in [0, 0.1) is 5.82 Å². The van der Waals surface area contributed by atoms with Gasteiger partial charge in [0.05, 0.1) is 23.9 Å². The van der Waals surface area contributed by atoms with Crippen LogP contribution in [0.3, 0.4) is 0 Å². The van der Waals surface area contributed by atoms with Crippen LogP contribution in [0.4, 0.5) is 10.1 Å². The Labute approximate surface area is 159 Å². The van der Waals surface area contributed by atoms with Crippen molar-refractivity contribution in [3.8, 4) is 11.5 Å². The van der Waals surface area contributed by atoms with Gasteiger partial charge < -0.3 is 14.8 Å². The minimum Gasteiger partial charge on any atom is -0.490 e. The third-order valence-electron chi connectivity index (χ3n) is 3.20. The molecule has 2 rings (SSSR count). The van der Waals surface area contributed by atoms with Gasteiger partial charge >= 0.3 is 0 Å². The predicted octanol–water partition coefficient (Wildman–Crippen LogP) is 5.68. The molecular weight excluding hydrogens is 413 g/mol. The van der Waals surface area contributed by atoms with E-state index < -0.39 is 11.7 Å². The molecule has 0 saturated heterocycles. The van der Waals surface area contributed by atoms with Crippen LogP contribution >= 0.6 is 27.5 Å². The van der Waals surface area contributed by atoms with E-state index in [0.29, 0.717) is 45.5 Å². The predicted molar refractivity (Wildman–Crippen MR) is 100 cm³/mol. The molecule has 25 heavy (non-hydrogen) atoms. The third-order valence-corrected chi connectivity index (χ3v) is 4.14. The van der Waals surface area contributed by atoms with Crippen molar-refractivity contribution in [1.29, 1.82) is 0 Å². The molecule has 0 aliphatic heterocycles. The molecule has 2 aromatic carbocycles. The SMILES string of the molecule is CCCOc1c(Cl)cc(C(=O)Nc2ccc(F)cc2Br)cc1OCC. The number of rotatable bonds is 7. The second kappa shape index (κ2) is 9.06. The zero-order chi connectivity index (χ0) is 18.4. The maximum absolute atomic E-state index is 13.2. The van der Waals surface area contributed by atoms with E-state index in [1.807, 2.05) is 13.8 Å². The lowest BCUT2D eigenvalue weighted by atomic mass is 10.1. The van der Waals surface area contributed by atoms with Crippen LogP contribution in [0.15, 0.2) is 34.8 Å². The number of nitrogens with one attached hydrogen (secondary N) is 1. The van der Waals surface area contributed by atoms with E-state index in [1.165, 1.54) is 24.3 Å². The fourth-order valence-corrected chi connectivity index (χ4v) is 2.81. The highest BCUT2D eigenvalue weighted by molar-refractivity contribution is 9.10. The van der Waals surface area contributed by atoms with Crippen LogP contribution in [0.1, 0.15) is 30.6 Å². The van der Waals surface area contributed by atoms with Crippen LogP contribution in [0.2, 0.25) is 5.02 Å². The van der Waals surface area contributed by atoms with E-state index in [1.54, 1.807) is 6.07 Å². The molecule has 0 fully saturated rings. The van der Waals surface area contributed by atoms with Crippen molar-refractivity contribution < 1.29 is 18.7 Å². The Hall–Kier alpha value is -1.79. The molecule has 2 aromatic rings. The van der Waals surface area contributed by atoms with Crippen molar-refractivity contribution in [2.24, 2.45) is 0 Å². The summed E-state index contributed by atoms with van der Waals surface area (Å²) in [4.78, 5) is 12.5. The second-order valence-corrected chi connectivity index (χ2v) is 6.41. The highest BCUT2D eigenvalue weighted by atomic mass is 79.9. The van der Waals surface area contributed by atoms with E-state index in [-0.39, 0.29) is 0 Å². The van der Waals surface area contributed by atoms with Gasteiger partial charge in [0, 0.05) is 10.0 Å². The summed E-state index contributed by atoms with van der Waals surface area (Å²) in [5, 5.41) is 3.00. The maximum Gasteiger partial charge on any atom is 0.255 e. The van der Waals surface area contributed by atoms with E-state index in [2.05, 4.69) is 21.2 Å². The summed E-state index contributed by atoms with van der Waals surface area (Å²) in [6.45, 7) is 4.72. The third kappa shape index (κ3) is 5.09. The first-order valence-corrected chi connectivity index (χ1v) is 8.98. The van der Waals surface area contributed by atoms with Gasteiger partial charge in [-0.25, -0.2) is 4.39 Å². The van der Waals surface area contributed by atoms with Gasteiger partial charge in [-0.15, -0.1) is 0 Å². The van der Waals surface area contributed by atoms with Crippen LogP contribution in [0.5, 0.6) is 11.5 Å². The fourth-order valence-electron chi connectivity index (χ4n) is 2.09. The summed E-state index contributed by atoms with van der Waals surface area (Å²) in [5.74, 6) is 0.0397. The molecule has 1 N–H and O–H groups in total. The fraction of sp³-hybridized carbons (Fsp3) is 0.278. The average Bonchev–Trinajstić information content (AvgIpc) is 2.56. The zero-order valence-electron chi connectivity index (χ0n) is 13.9. The monoisotopic (exact) mass is 429 g/mol. The number of halogens is 3. The number of carbonyl (C=O) groups excluding carboxylic acids is 1. The summed E-state index contributed by atoms with van der Waals surface area (Å²) in [6, 6.07) is 7.10. The van der Waals surface area contributed by atoms with Gasteiger partial charge in [-0.2, -0.15) is 0 Å². The smallest absolute Gasteiger partial charge is 0.255 e. The molecule has 0 radical (unpaired) electrons. The number of carbonyl (C=O) groups is 1. The Morgan fingerprint density at radius 3 is 2.64 bits per heavy atom. The highest BCUT2D eigenvalue weighted by Gasteiger charge is 2.17. The quantitative estimate of drug-likeness (QED) is 0.614. The van der Waals surface area contributed by atoms with Crippen molar-refractivity contribution in [3.63, 3.8) is 0 Å². The molecule has 0 aliphatic rings. The van der Waals surface area contributed by atoms with E-state index >= 15 is 0 Å². The summed E-state index contributed by atoms with van der Waals surface area (Å²) in [7, 11) is 0. The van der Waals surface area contributed by atoms with Gasteiger partial charge in [-0.1, -0.05) is 18.5 Å². The lowest BCUT2D eigenvalue weighted by Gasteiger charge is -2.15. The Bertz CT molecular complexity index is 770. The Balaban J connectivity index is 2.29. The lowest BCUT2D eigenvalue weighted by molar-refractivity contribution is 0.102. The van der Waals surface area contributed by atoms with Crippen LogP contribution < -0.4 is 14.8 Å². The number of hydrogen-bond donors (Lipinski definition) is 1. The van der Waals surface area contributed by atoms with Crippen LogP contribution in [-0.4, -0.2) is 19.1 Å². The lowest BCUT2D eigenvalue weighted by Crippen LogP contribution is -2.13. The minimum atomic E-state index is -0.399. The number of anilines is 1.